The van der Waals surface area contributed by atoms with Crippen LogP contribution in [0.5, 0.6) is 5.75 Å². The Morgan fingerprint density at radius 3 is 2.30 bits per heavy atom. The van der Waals surface area contributed by atoms with Gasteiger partial charge in [-0.1, -0.05) is 24.4 Å². The Balaban J connectivity index is 1.42. The maximum absolute atomic E-state index is 13.2. The molecule has 30 heavy (non-hydrogen) atoms. The van der Waals surface area contributed by atoms with Crippen LogP contribution in [0.25, 0.3) is 5.69 Å². The summed E-state index contributed by atoms with van der Waals surface area (Å²) in [6, 6.07) is 7.29. The van der Waals surface area contributed by atoms with Gasteiger partial charge in [0.15, 0.2) is 0 Å². The summed E-state index contributed by atoms with van der Waals surface area (Å²) in [6.07, 6.45) is 9.27. The van der Waals surface area contributed by atoms with Gasteiger partial charge in [0, 0.05) is 51.1 Å². The van der Waals surface area contributed by atoms with Crippen LogP contribution in [-0.2, 0) is 4.79 Å². The smallest absolute Gasteiger partial charge is 0.257 e. The molecule has 0 bridgehead atoms. The Morgan fingerprint density at radius 2 is 1.67 bits per heavy atom. The first-order valence-electron chi connectivity index (χ1n) is 10.6. The number of methoxy groups -OCH3 is 1. The second kappa shape index (κ2) is 9.13. The van der Waals surface area contributed by atoms with E-state index in [0.29, 0.717) is 54.9 Å². The van der Waals surface area contributed by atoms with Crippen LogP contribution in [0, 0.1) is 5.92 Å². The van der Waals surface area contributed by atoms with Gasteiger partial charge < -0.3 is 19.1 Å². The highest BCUT2D eigenvalue weighted by Gasteiger charge is 2.28. The number of carbonyl (C=O) groups excluding carboxylic acids is 2. The van der Waals surface area contributed by atoms with Crippen LogP contribution in [-0.4, -0.2) is 59.5 Å². The van der Waals surface area contributed by atoms with Crippen molar-refractivity contribution >= 4 is 23.4 Å². The van der Waals surface area contributed by atoms with Crippen molar-refractivity contribution in [1.82, 2.24) is 14.4 Å². The van der Waals surface area contributed by atoms with E-state index in [4.69, 9.17) is 16.3 Å². The quantitative estimate of drug-likeness (QED) is 0.721. The van der Waals surface area contributed by atoms with Crippen molar-refractivity contribution < 1.29 is 14.3 Å². The van der Waals surface area contributed by atoms with E-state index in [1.807, 2.05) is 34.0 Å². The zero-order chi connectivity index (χ0) is 21.1. The van der Waals surface area contributed by atoms with Crippen molar-refractivity contribution in [3.8, 4) is 11.4 Å². The van der Waals surface area contributed by atoms with E-state index in [0.717, 1.165) is 5.69 Å². The van der Waals surface area contributed by atoms with E-state index in [-0.39, 0.29) is 11.8 Å². The topological polar surface area (TPSA) is 54.8 Å². The molecule has 1 aliphatic heterocycles. The van der Waals surface area contributed by atoms with Gasteiger partial charge in [-0.15, -0.1) is 0 Å². The lowest BCUT2D eigenvalue weighted by molar-refractivity contribution is -0.133. The van der Waals surface area contributed by atoms with Crippen LogP contribution in [0.1, 0.15) is 42.5 Å². The summed E-state index contributed by atoms with van der Waals surface area (Å²) in [5.74, 6) is 1.15. The molecular weight excluding hydrogens is 402 g/mol. The maximum Gasteiger partial charge on any atom is 0.257 e. The molecule has 1 saturated carbocycles. The summed E-state index contributed by atoms with van der Waals surface area (Å²) in [5.41, 5.74) is 1.21. The molecule has 7 heteroatoms. The van der Waals surface area contributed by atoms with E-state index in [1.54, 1.807) is 24.1 Å². The van der Waals surface area contributed by atoms with Gasteiger partial charge in [-0.05, 0) is 37.0 Å². The normalized spacial score (nSPS) is 17.4. The molecule has 0 atom stereocenters. The van der Waals surface area contributed by atoms with E-state index >= 15 is 0 Å². The summed E-state index contributed by atoms with van der Waals surface area (Å²) in [5, 5.41) is 0.487. The first-order chi connectivity index (χ1) is 14.6. The van der Waals surface area contributed by atoms with Crippen LogP contribution in [0.4, 0.5) is 0 Å². The highest BCUT2D eigenvalue weighted by molar-refractivity contribution is 6.33. The Labute approximate surface area is 182 Å². The molecule has 1 saturated heterocycles. The minimum atomic E-state index is -0.115. The van der Waals surface area contributed by atoms with Gasteiger partial charge >= 0.3 is 0 Å². The van der Waals surface area contributed by atoms with Crippen molar-refractivity contribution in [2.45, 2.75) is 32.1 Å². The van der Waals surface area contributed by atoms with Gasteiger partial charge in [0.2, 0.25) is 5.91 Å². The lowest BCUT2D eigenvalue weighted by atomic mass is 10.0. The van der Waals surface area contributed by atoms with Crippen molar-refractivity contribution in [2.24, 2.45) is 5.92 Å². The third kappa shape index (κ3) is 4.33. The van der Waals surface area contributed by atoms with Gasteiger partial charge in [0.05, 0.1) is 23.4 Å². The van der Waals surface area contributed by atoms with Crippen LogP contribution in [0.3, 0.4) is 0 Å². The molecule has 2 aliphatic rings. The first kappa shape index (κ1) is 20.8. The number of hydrogen-bond acceptors (Lipinski definition) is 3. The molecule has 2 amide bonds. The van der Waals surface area contributed by atoms with Crippen molar-refractivity contribution in [3.63, 3.8) is 0 Å². The van der Waals surface area contributed by atoms with Crippen LogP contribution < -0.4 is 4.74 Å². The predicted octanol–water partition coefficient (Wildman–Crippen LogP) is 4.00. The summed E-state index contributed by atoms with van der Waals surface area (Å²) >= 11 is 6.48. The molecule has 160 valence electrons. The molecule has 1 aliphatic carbocycles. The number of ether oxygens (including phenoxy) is 1. The van der Waals surface area contributed by atoms with Crippen molar-refractivity contribution in [1.29, 1.82) is 0 Å². The Bertz CT molecular complexity index is 899. The lowest BCUT2D eigenvalue weighted by Gasteiger charge is -2.35. The average Bonchev–Trinajstić information content (AvgIpc) is 3.47. The first-order valence-corrected chi connectivity index (χ1v) is 11.0. The molecule has 4 rings (SSSR count). The zero-order valence-corrected chi connectivity index (χ0v) is 18.1. The molecule has 1 aromatic carbocycles. The minimum absolute atomic E-state index is 0.115. The molecule has 0 spiro atoms. The van der Waals surface area contributed by atoms with Gasteiger partial charge in [-0.3, -0.25) is 9.59 Å². The minimum Gasteiger partial charge on any atom is -0.496 e. The zero-order valence-electron chi connectivity index (χ0n) is 17.3. The molecule has 2 heterocycles. The lowest BCUT2D eigenvalue weighted by Crippen LogP contribution is -2.50. The van der Waals surface area contributed by atoms with Crippen molar-refractivity contribution in [2.75, 3.05) is 33.3 Å². The Morgan fingerprint density at radius 1 is 1.03 bits per heavy atom. The molecule has 2 fully saturated rings. The third-order valence-corrected chi connectivity index (χ3v) is 6.54. The fraction of sp³-hybridized carbons (Fsp3) is 0.478. The summed E-state index contributed by atoms with van der Waals surface area (Å²) in [6.45, 7) is 2.20. The molecule has 1 aromatic heterocycles. The second-order valence-electron chi connectivity index (χ2n) is 8.12. The van der Waals surface area contributed by atoms with Gasteiger partial charge in [-0.2, -0.15) is 0 Å². The number of amides is 2. The summed E-state index contributed by atoms with van der Waals surface area (Å²) in [4.78, 5) is 29.4. The standard InChI is InChI=1S/C23H28ClN3O3/c1-30-21-16-20(25-8-4-5-9-25)19(24)15-18(21)23(29)27-12-10-26(11-13-27)22(28)14-17-6-2-3-7-17/h4-5,8-9,15-17H,2-3,6-7,10-14H2,1H3. The third-order valence-electron chi connectivity index (χ3n) is 6.24. The number of benzene rings is 1. The molecule has 6 nitrogen and oxygen atoms in total. The molecule has 0 N–H and O–H groups in total. The van der Waals surface area contributed by atoms with E-state index in [9.17, 15) is 9.59 Å². The highest BCUT2D eigenvalue weighted by Crippen LogP contribution is 2.31. The van der Waals surface area contributed by atoms with Crippen LogP contribution in [0.15, 0.2) is 36.7 Å². The molecule has 0 unspecified atom stereocenters. The van der Waals surface area contributed by atoms with Gasteiger partial charge in [0.1, 0.15) is 5.75 Å². The molecule has 0 radical (unpaired) electrons. The number of rotatable bonds is 5. The number of aromatic nitrogens is 1. The Kier molecular flexibility index (Phi) is 6.32. The average molecular weight is 430 g/mol. The van der Waals surface area contributed by atoms with Gasteiger partial charge in [-0.25, -0.2) is 0 Å². The molecular formula is C23H28ClN3O3. The van der Waals surface area contributed by atoms with Gasteiger partial charge in [0.25, 0.3) is 5.91 Å². The van der Waals surface area contributed by atoms with Crippen molar-refractivity contribution in [3.05, 3.63) is 47.2 Å². The second-order valence-corrected chi connectivity index (χ2v) is 8.53. The monoisotopic (exact) mass is 429 g/mol. The van der Waals surface area contributed by atoms with E-state index < -0.39 is 0 Å². The highest BCUT2D eigenvalue weighted by atomic mass is 35.5. The SMILES string of the molecule is COc1cc(-n2cccc2)c(Cl)cc1C(=O)N1CCN(C(=O)CC2CCCC2)CC1. The maximum atomic E-state index is 13.2. The molecule has 2 aromatic rings. The van der Waals surface area contributed by atoms with E-state index in [1.165, 1.54) is 25.7 Å². The predicted molar refractivity (Wildman–Crippen MR) is 116 cm³/mol. The fourth-order valence-electron chi connectivity index (χ4n) is 4.49. The largest absolute Gasteiger partial charge is 0.496 e. The number of hydrogen-bond donors (Lipinski definition) is 0. The fourth-order valence-corrected chi connectivity index (χ4v) is 4.75. The summed E-state index contributed by atoms with van der Waals surface area (Å²) < 4.78 is 7.38. The number of halogens is 1. The van der Waals surface area contributed by atoms with Crippen LogP contribution >= 0.6 is 11.6 Å². The summed E-state index contributed by atoms with van der Waals surface area (Å²) in [7, 11) is 1.55. The number of nitrogens with zero attached hydrogens (tertiary/aromatic N) is 3. The number of carbonyl (C=O) groups is 2. The van der Waals surface area contributed by atoms with E-state index in [2.05, 4.69) is 0 Å². The van der Waals surface area contributed by atoms with Crippen LogP contribution in [0.2, 0.25) is 5.02 Å². The number of piperazine rings is 1. The Hall–Kier alpha value is -2.47.